The van der Waals surface area contributed by atoms with Gasteiger partial charge in [0.2, 0.25) is 0 Å². The Bertz CT molecular complexity index is 404. The smallest absolute Gasteiger partial charge is 0.254 e. The van der Waals surface area contributed by atoms with E-state index in [-0.39, 0.29) is 11.9 Å². The molecule has 0 fully saturated rings. The minimum absolute atomic E-state index is 0.0133. The average molecular weight is 274 g/mol. The molecule has 0 atom stereocenters. The molecule has 0 aliphatic heterocycles. The van der Waals surface area contributed by atoms with E-state index in [4.69, 9.17) is 23.2 Å². The Morgan fingerprint density at radius 2 is 2.06 bits per heavy atom. The molecule has 0 aliphatic rings. The number of carbonyl (C=O) groups excluding carboxylic acids is 1. The number of alkyl halides is 1. The van der Waals surface area contributed by atoms with Crippen molar-refractivity contribution in [2.75, 3.05) is 12.4 Å². The van der Waals surface area contributed by atoms with Crippen molar-refractivity contribution in [3.8, 4) is 0 Å². The van der Waals surface area contributed by atoms with Gasteiger partial charge >= 0.3 is 0 Å². The maximum absolute atomic E-state index is 12.4. The molecule has 1 rings (SSSR count). The number of nitrogens with zero attached hydrogens (tertiary/aromatic N) is 1. The Morgan fingerprint density at radius 1 is 1.41 bits per heavy atom. The third-order valence-electron chi connectivity index (χ3n) is 2.64. The molecular formula is C13H17Cl2NO. The molecule has 17 heavy (non-hydrogen) atoms. The fraction of sp³-hybridized carbons (Fsp3) is 0.462. The van der Waals surface area contributed by atoms with E-state index in [2.05, 4.69) is 0 Å². The summed E-state index contributed by atoms with van der Waals surface area (Å²) < 4.78 is 0. The van der Waals surface area contributed by atoms with Crippen molar-refractivity contribution in [2.24, 2.45) is 0 Å². The molecule has 0 radical (unpaired) electrons. The molecule has 0 saturated carbocycles. The van der Waals surface area contributed by atoms with E-state index in [9.17, 15) is 4.79 Å². The second-order valence-electron chi connectivity index (χ2n) is 4.24. The molecule has 94 valence electrons. The fourth-order valence-electron chi connectivity index (χ4n) is 1.66. The van der Waals surface area contributed by atoms with Gasteiger partial charge < -0.3 is 4.90 Å². The monoisotopic (exact) mass is 273 g/mol. The average Bonchev–Trinajstić information content (AvgIpc) is 2.28. The molecule has 1 aromatic rings. The van der Waals surface area contributed by atoms with E-state index >= 15 is 0 Å². The van der Waals surface area contributed by atoms with Crippen LogP contribution < -0.4 is 0 Å². The lowest BCUT2D eigenvalue weighted by Gasteiger charge is -2.26. The molecule has 1 amide bonds. The number of halogens is 2. The van der Waals surface area contributed by atoms with Crippen LogP contribution in [-0.4, -0.2) is 29.3 Å². The predicted octanol–water partition coefficient (Wildman–Crippen LogP) is 3.74. The van der Waals surface area contributed by atoms with Crippen molar-refractivity contribution in [3.63, 3.8) is 0 Å². The summed E-state index contributed by atoms with van der Waals surface area (Å²) in [7, 11) is 0. The van der Waals surface area contributed by atoms with E-state index in [0.717, 1.165) is 5.56 Å². The first kappa shape index (κ1) is 14.3. The van der Waals surface area contributed by atoms with Crippen molar-refractivity contribution in [3.05, 3.63) is 34.3 Å². The molecule has 0 bridgehead atoms. The fourth-order valence-corrected chi connectivity index (χ4v) is 2.02. The second-order valence-corrected chi connectivity index (χ2v) is 5.05. The van der Waals surface area contributed by atoms with Gasteiger partial charge in [-0.2, -0.15) is 0 Å². The highest BCUT2D eigenvalue weighted by molar-refractivity contribution is 6.31. The van der Waals surface area contributed by atoms with Gasteiger partial charge in [0.25, 0.3) is 5.91 Å². The topological polar surface area (TPSA) is 20.3 Å². The summed E-state index contributed by atoms with van der Waals surface area (Å²) in [5.74, 6) is 0.421. The van der Waals surface area contributed by atoms with Crippen molar-refractivity contribution < 1.29 is 4.79 Å². The summed E-state index contributed by atoms with van der Waals surface area (Å²) in [6.07, 6.45) is 0. The van der Waals surface area contributed by atoms with Crippen molar-refractivity contribution in [1.29, 1.82) is 0 Å². The van der Waals surface area contributed by atoms with Crippen LogP contribution in [0, 0.1) is 6.92 Å². The Kier molecular flexibility index (Phi) is 5.29. The highest BCUT2D eigenvalue weighted by Gasteiger charge is 2.19. The predicted molar refractivity (Wildman–Crippen MR) is 73.1 cm³/mol. The van der Waals surface area contributed by atoms with Crippen LogP contribution in [0.2, 0.25) is 5.02 Å². The highest BCUT2D eigenvalue weighted by atomic mass is 35.5. The van der Waals surface area contributed by atoms with E-state index in [1.54, 1.807) is 17.0 Å². The first-order valence-electron chi connectivity index (χ1n) is 5.60. The van der Waals surface area contributed by atoms with Gasteiger partial charge in [0.1, 0.15) is 0 Å². The first-order valence-corrected chi connectivity index (χ1v) is 6.51. The first-order chi connectivity index (χ1) is 7.97. The number of hydrogen-bond acceptors (Lipinski definition) is 1. The van der Waals surface area contributed by atoms with Crippen LogP contribution in [0.15, 0.2) is 18.2 Å². The maximum Gasteiger partial charge on any atom is 0.254 e. The number of aryl methyl sites for hydroxylation is 1. The minimum Gasteiger partial charge on any atom is -0.335 e. The van der Waals surface area contributed by atoms with Gasteiger partial charge in [-0.25, -0.2) is 0 Å². The minimum atomic E-state index is -0.0133. The number of hydrogen-bond donors (Lipinski definition) is 0. The molecule has 0 saturated heterocycles. The SMILES string of the molecule is Cc1ccc(Cl)cc1C(=O)N(CCCl)C(C)C. The van der Waals surface area contributed by atoms with Crippen molar-refractivity contribution in [2.45, 2.75) is 26.8 Å². The van der Waals surface area contributed by atoms with Crippen LogP contribution in [0.1, 0.15) is 29.8 Å². The van der Waals surface area contributed by atoms with Crippen LogP contribution in [0.25, 0.3) is 0 Å². The van der Waals surface area contributed by atoms with Crippen LogP contribution in [-0.2, 0) is 0 Å². The molecule has 0 heterocycles. The zero-order chi connectivity index (χ0) is 13.0. The lowest BCUT2D eigenvalue weighted by molar-refractivity contribution is 0.0717. The zero-order valence-corrected chi connectivity index (χ0v) is 11.8. The molecule has 0 aromatic heterocycles. The summed E-state index contributed by atoms with van der Waals surface area (Å²) in [4.78, 5) is 14.1. The standard InChI is InChI=1S/C13H17Cl2NO/c1-9(2)16(7-6-14)13(17)12-8-11(15)5-4-10(12)3/h4-5,8-9H,6-7H2,1-3H3. The molecule has 0 N–H and O–H groups in total. The van der Waals surface area contributed by atoms with Crippen LogP contribution in [0.5, 0.6) is 0 Å². The largest absolute Gasteiger partial charge is 0.335 e. The molecule has 0 aliphatic carbocycles. The Morgan fingerprint density at radius 3 is 2.59 bits per heavy atom. The van der Waals surface area contributed by atoms with E-state index in [0.29, 0.717) is 23.0 Å². The van der Waals surface area contributed by atoms with Gasteiger partial charge in [0.05, 0.1) is 0 Å². The molecule has 0 spiro atoms. The summed E-state index contributed by atoms with van der Waals surface area (Å²) >= 11 is 11.6. The Balaban J connectivity index is 3.04. The molecule has 4 heteroatoms. The van der Waals surface area contributed by atoms with Gasteiger partial charge in [0, 0.05) is 29.1 Å². The molecule has 1 aromatic carbocycles. The summed E-state index contributed by atoms with van der Waals surface area (Å²) in [6, 6.07) is 5.48. The van der Waals surface area contributed by atoms with E-state index in [1.165, 1.54) is 0 Å². The summed E-state index contributed by atoms with van der Waals surface area (Å²) in [5, 5.41) is 0.577. The van der Waals surface area contributed by atoms with E-state index < -0.39 is 0 Å². The van der Waals surface area contributed by atoms with Gasteiger partial charge in [-0.3, -0.25) is 4.79 Å². The van der Waals surface area contributed by atoms with Crippen LogP contribution >= 0.6 is 23.2 Å². The van der Waals surface area contributed by atoms with Crippen molar-refractivity contribution in [1.82, 2.24) is 4.90 Å². The summed E-state index contributed by atoms with van der Waals surface area (Å²) in [5.41, 5.74) is 1.58. The van der Waals surface area contributed by atoms with Crippen molar-refractivity contribution >= 4 is 29.1 Å². The maximum atomic E-state index is 12.4. The highest BCUT2D eigenvalue weighted by Crippen LogP contribution is 2.18. The van der Waals surface area contributed by atoms with Gasteiger partial charge in [-0.05, 0) is 38.5 Å². The third-order valence-corrected chi connectivity index (χ3v) is 3.04. The van der Waals surface area contributed by atoms with Gasteiger partial charge in [-0.15, -0.1) is 11.6 Å². The molecular weight excluding hydrogens is 257 g/mol. The number of amides is 1. The zero-order valence-electron chi connectivity index (χ0n) is 10.3. The van der Waals surface area contributed by atoms with Gasteiger partial charge in [-0.1, -0.05) is 17.7 Å². The van der Waals surface area contributed by atoms with Crippen LogP contribution in [0.3, 0.4) is 0 Å². The third kappa shape index (κ3) is 3.62. The summed E-state index contributed by atoms with van der Waals surface area (Å²) in [6.45, 7) is 6.40. The second kappa shape index (κ2) is 6.27. The Labute approximate surface area is 113 Å². The molecule has 0 unspecified atom stereocenters. The number of rotatable bonds is 4. The van der Waals surface area contributed by atoms with Crippen LogP contribution in [0.4, 0.5) is 0 Å². The lowest BCUT2D eigenvalue weighted by Crippen LogP contribution is -2.38. The quantitative estimate of drug-likeness (QED) is 0.766. The Hall–Kier alpha value is -0.730. The normalized spacial score (nSPS) is 10.7. The number of carbonyl (C=O) groups is 1. The lowest BCUT2D eigenvalue weighted by atomic mass is 10.1. The number of benzene rings is 1. The molecule has 2 nitrogen and oxygen atoms in total. The van der Waals surface area contributed by atoms with E-state index in [1.807, 2.05) is 26.8 Å². The van der Waals surface area contributed by atoms with Gasteiger partial charge in [0.15, 0.2) is 0 Å².